The molecule has 7 nitrogen and oxygen atoms in total. The average Bonchev–Trinajstić information content (AvgIpc) is 2.86. The SMILES string of the molecule is CC(Cl)c1cn(Cc2nnnn2C2CC2)nn1. The number of tetrazole rings is 1. The highest BCUT2D eigenvalue weighted by atomic mass is 35.5. The summed E-state index contributed by atoms with van der Waals surface area (Å²) in [5, 5.41) is 19.5. The molecule has 0 bridgehead atoms. The molecule has 0 aromatic carbocycles. The molecule has 17 heavy (non-hydrogen) atoms. The molecule has 1 fully saturated rings. The van der Waals surface area contributed by atoms with Gasteiger partial charge in [-0.1, -0.05) is 5.21 Å². The van der Waals surface area contributed by atoms with Crippen LogP contribution in [0, 0.1) is 0 Å². The molecule has 90 valence electrons. The predicted molar refractivity (Wildman–Crippen MR) is 59.5 cm³/mol. The molecular weight excluding hydrogens is 242 g/mol. The summed E-state index contributed by atoms with van der Waals surface area (Å²) in [6.07, 6.45) is 4.13. The molecule has 0 N–H and O–H groups in total. The van der Waals surface area contributed by atoms with Crippen LogP contribution < -0.4 is 0 Å². The van der Waals surface area contributed by atoms with Crippen molar-refractivity contribution < 1.29 is 0 Å². The molecule has 8 heteroatoms. The summed E-state index contributed by atoms with van der Waals surface area (Å²) in [6, 6.07) is 0.468. The van der Waals surface area contributed by atoms with E-state index in [1.54, 1.807) is 4.68 Å². The second-order valence-corrected chi connectivity index (χ2v) is 4.88. The summed E-state index contributed by atoms with van der Waals surface area (Å²) in [5.41, 5.74) is 0.761. The van der Waals surface area contributed by atoms with Gasteiger partial charge < -0.3 is 0 Å². The smallest absolute Gasteiger partial charge is 0.173 e. The first-order valence-electron chi connectivity index (χ1n) is 5.55. The van der Waals surface area contributed by atoms with Crippen molar-refractivity contribution in [2.45, 2.75) is 37.7 Å². The van der Waals surface area contributed by atoms with Gasteiger partial charge in [0.1, 0.15) is 12.2 Å². The van der Waals surface area contributed by atoms with Crippen molar-refractivity contribution in [3.8, 4) is 0 Å². The fraction of sp³-hybridized carbons (Fsp3) is 0.667. The van der Waals surface area contributed by atoms with Gasteiger partial charge in [0.25, 0.3) is 0 Å². The molecule has 1 atom stereocenters. The second-order valence-electron chi connectivity index (χ2n) is 4.23. The maximum absolute atomic E-state index is 5.93. The van der Waals surface area contributed by atoms with Crippen LogP contribution in [0.15, 0.2) is 6.20 Å². The summed E-state index contributed by atoms with van der Waals surface area (Å²) in [6.45, 7) is 2.39. The van der Waals surface area contributed by atoms with Crippen LogP contribution in [0.2, 0.25) is 0 Å². The maximum Gasteiger partial charge on any atom is 0.173 e. The molecular formula is C9H12ClN7. The number of nitrogens with zero attached hydrogens (tertiary/aromatic N) is 7. The lowest BCUT2D eigenvalue weighted by Gasteiger charge is -2.01. The minimum absolute atomic E-state index is 0.136. The molecule has 0 saturated heterocycles. The van der Waals surface area contributed by atoms with E-state index >= 15 is 0 Å². The highest BCUT2D eigenvalue weighted by Crippen LogP contribution is 2.34. The van der Waals surface area contributed by atoms with Crippen LogP contribution in [0.25, 0.3) is 0 Å². The molecule has 0 aliphatic heterocycles. The Labute approximate surface area is 103 Å². The van der Waals surface area contributed by atoms with Crippen molar-refractivity contribution in [3.05, 3.63) is 17.7 Å². The van der Waals surface area contributed by atoms with Gasteiger partial charge >= 0.3 is 0 Å². The summed E-state index contributed by atoms with van der Waals surface area (Å²) < 4.78 is 3.57. The Morgan fingerprint density at radius 2 is 2.24 bits per heavy atom. The van der Waals surface area contributed by atoms with Crippen molar-refractivity contribution in [3.63, 3.8) is 0 Å². The zero-order chi connectivity index (χ0) is 11.8. The molecule has 2 aromatic rings. The van der Waals surface area contributed by atoms with E-state index in [-0.39, 0.29) is 5.38 Å². The van der Waals surface area contributed by atoms with Crippen LogP contribution in [-0.2, 0) is 6.54 Å². The Morgan fingerprint density at radius 1 is 1.41 bits per heavy atom. The topological polar surface area (TPSA) is 74.3 Å². The van der Waals surface area contributed by atoms with Gasteiger partial charge in [0.05, 0.1) is 17.6 Å². The number of aromatic nitrogens is 7. The van der Waals surface area contributed by atoms with Crippen LogP contribution in [0.1, 0.15) is 42.7 Å². The van der Waals surface area contributed by atoms with Gasteiger partial charge in [0.2, 0.25) is 0 Å². The van der Waals surface area contributed by atoms with E-state index in [1.165, 1.54) is 0 Å². The van der Waals surface area contributed by atoms with Gasteiger partial charge in [0.15, 0.2) is 5.82 Å². The van der Waals surface area contributed by atoms with E-state index in [2.05, 4.69) is 25.8 Å². The Bertz CT molecular complexity index is 513. The first kappa shape index (κ1) is 10.6. The first-order valence-corrected chi connectivity index (χ1v) is 5.98. The van der Waals surface area contributed by atoms with Gasteiger partial charge in [-0.2, -0.15) is 0 Å². The fourth-order valence-electron chi connectivity index (χ4n) is 1.64. The highest BCUT2D eigenvalue weighted by molar-refractivity contribution is 6.20. The molecule has 1 aliphatic carbocycles. The lowest BCUT2D eigenvalue weighted by molar-refractivity contribution is 0.543. The zero-order valence-corrected chi connectivity index (χ0v) is 10.1. The van der Waals surface area contributed by atoms with E-state index in [9.17, 15) is 0 Å². The van der Waals surface area contributed by atoms with E-state index in [0.29, 0.717) is 12.6 Å². The van der Waals surface area contributed by atoms with Gasteiger partial charge in [-0.3, -0.25) is 0 Å². The second kappa shape index (κ2) is 4.06. The van der Waals surface area contributed by atoms with E-state index in [0.717, 1.165) is 24.4 Å². The lowest BCUT2D eigenvalue weighted by Crippen LogP contribution is -2.09. The van der Waals surface area contributed by atoms with Crippen molar-refractivity contribution in [1.29, 1.82) is 0 Å². The summed E-state index contributed by atoms with van der Waals surface area (Å²) in [7, 11) is 0. The third-order valence-electron chi connectivity index (χ3n) is 2.72. The molecule has 0 spiro atoms. The predicted octanol–water partition coefficient (Wildman–Crippen LogP) is 0.948. The Kier molecular flexibility index (Phi) is 2.54. The molecule has 3 rings (SSSR count). The largest absolute Gasteiger partial charge is 0.244 e. The molecule has 2 heterocycles. The van der Waals surface area contributed by atoms with E-state index in [4.69, 9.17) is 11.6 Å². The van der Waals surface area contributed by atoms with Crippen molar-refractivity contribution in [1.82, 2.24) is 35.2 Å². The molecule has 1 aliphatic rings. The van der Waals surface area contributed by atoms with Gasteiger partial charge in [0, 0.05) is 0 Å². The quantitative estimate of drug-likeness (QED) is 0.759. The summed E-state index contributed by atoms with van der Waals surface area (Å²) in [4.78, 5) is 0. The Hall–Kier alpha value is -1.50. The number of halogens is 1. The third kappa shape index (κ3) is 2.14. The van der Waals surface area contributed by atoms with Gasteiger partial charge in [-0.05, 0) is 30.2 Å². The summed E-state index contributed by atoms with van der Waals surface area (Å²) >= 11 is 5.93. The van der Waals surface area contributed by atoms with Crippen LogP contribution in [0.4, 0.5) is 0 Å². The zero-order valence-electron chi connectivity index (χ0n) is 9.36. The van der Waals surface area contributed by atoms with E-state index < -0.39 is 0 Å². The van der Waals surface area contributed by atoms with Gasteiger partial charge in [-0.25, -0.2) is 9.36 Å². The average molecular weight is 254 g/mol. The van der Waals surface area contributed by atoms with Crippen LogP contribution >= 0.6 is 11.6 Å². The Balaban J connectivity index is 1.78. The van der Waals surface area contributed by atoms with Crippen molar-refractivity contribution in [2.24, 2.45) is 0 Å². The minimum atomic E-state index is -0.136. The van der Waals surface area contributed by atoms with Crippen LogP contribution in [-0.4, -0.2) is 35.2 Å². The summed E-state index contributed by atoms with van der Waals surface area (Å²) in [5.74, 6) is 0.811. The van der Waals surface area contributed by atoms with Gasteiger partial charge in [-0.15, -0.1) is 21.8 Å². The highest BCUT2D eigenvalue weighted by Gasteiger charge is 2.27. The lowest BCUT2D eigenvalue weighted by atomic mass is 10.4. The standard InChI is InChI=1S/C9H12ClN7/c1-6(10)8-4-16(14-11-8)5-9-12-13-15-17(9)7-2-3-7/h4,6-7H,2-3,5H2,1H3. The molecule has 2 aromatic heterocycles. The van der Waals surface area contributed by atoms with Crippen molar-refractivity contribution in [2.75, 3.05) is 0 Å². The first-order chi connectivity index (χ1) is 8.24. The fourth-order valence-corrected chi connectivity index (χ4v) is 1.74. The Morgan fingerprint density at radius 3 is 2.88 bits per heavy atom. The molecule has 1 saturated carbocycles. The number of alkyl halides is 1. The maximum atomic E-state index is 5.93. The van der Waals surface area contributed by atoms with E-state index in [1.807, 2.05) is 17.8 Å². The minimum Gasteiger partial charge on any atom is -0.244 e. The number of rotatable bonds is 4. The molecule has 0 amide bonds. The third-order valence-corrected chi connectivity index (χ3v) is 2.94. The number of hydrogen-bond acceptors (Lipinski definition) is 5. The van der Waals surface area contributed by atoms with Crippen LogP contribution in [0.3, 0.4) is 0 Å². The molecule has 0 radical (unpaired) electrons. The molecule has 1 unspecified atom stereocenters. The number of hydrogen-bond donors (Lipinski definition) is 0. The monoisotopic (exact) mass is 253 g/mol. The van der Waals surface area contributed by atoms with Crippen molar-refractivity contribution >= 4 is 11.6 Å². The van der Waals surface area contributed by atoms with Crippen LogP contribution in [0.5, 0.6) is 0 Å². The normalized spacial score (nSPS) is 17.3.